The van der Waals surface area contributed by atoms with E-state index in [1.165, 1.54) is 49.6 Å². The molecular weight excluding hydrogens is 368 g/mol. The van der Waals surface area contributed by atoms with Gasteiger partial charge in [0.25, 0.3) is 0 Å². The van der Waals surface area contributed by atoms with Gasteiger partial charge in [0.1, 0.15) is 30.1 Å². The van der Waals surface area contributed by atoms with Crippen LogP contribution in [0.2, 0.25) is 0 Å². The number of rotatable bonds is 7. The van der Waals surface area contributed by atoms with Gasteiger partial charge in [0.2, 0.25) is 0 Å². The number of nitrogens with one attached hydrogen (secondary N) is 2. The molecule has 154 valence electrons. The molecule has 1 aliphatic heterocycles. The van der Waals surface area contributed by atoms with Crippen molar-refractivity contribution in [3.8, 4) is 0 Å². The summed E-state index contributed by atoms with van der Waals surface area (Å²) in [6, 6.07) is 0. The van der Waals surface area contributed by atoms with Crippen molar-refractivity contribution >= 4 is 27.4 Å². The Labute approximate surface area is 172 Å². The maximum atomic E-state index is 5.46. The van der Waals surface area contributed by atoms with Gasteiger partial charge in [-0.2, -0.15) is 0 Å². The maximum Gasteiger partial charge on any atom is 0.138 e. The van der Waals surface area contributed by atoms with Crippen molar-refractivity contribution in [2.45, 2.75) is 52.9 Å². The molecule has 1 aliphatic carbocycles. The van der Waals surface area contributed by atoms with E-state index in [1.807, 2.05) is 11.3 Å². The fourth-order valence-electron chi connectivity index (χ4n) is 4.65. The van der Waals surface area contributed by atoms with Gasteiger partial charge < -0.3 is 15.0 Å². The first-order chi connectivity index (χ1) is 13.6. The number of aromatic nitrogens is 2. The summed E-state index contributed by atoms with van der Waals surface area (Å²) in [4.78, 5) is 13.6. The van der Waals surface area contributed by atoms with E-state index < -0.39 is 0 Å². The predicted octanol–water partition coefficient (Wildman–Crippen LogP) is 2.95. The molecular formula is C22H35N4OS+. The number of anilines is 1. The van der Waals surface area contributed by atoms with E-state index in [0.29, 0.717) is 5.41 Å². The van der Waals surface area contributed by atoms with E-state index in [0.717, 1.165) is 49.4 Å². The van der Waals surface area contributed by atoms with Gasteiger partial charge in [0, 0.05) is 17.8 Å². The molecule has 1 saturated heterocycles. The number of quaternary nitrogens is 1. The third-order valence-corrected chi connectivity index (χ3v) is 8.26. The Hall–Kier alpha value is -1.24. The number of thiophene rings is 1. The smallest absolute Gasteiger partial charge is 0.138 e. The highest BCUT2D eigenvalue weighted by Crippen LogP contribution is 2.45. The summed E-state index contributed by atoms with van der Waals surface area (Å²) in [5.41, 5.74) is 1.93. The Balaban J connectivity index is 1.46. The Kier molecular flexibility index (Phi) is 6.18. The van der Waals surface area contributed by atoms with Crippen LogP contribution in [0.5, 0.6) is 0 Å². The number of aryl methyl sites for hydroxylation is 1. The van der Waals surface area contributed by atoms with Crippen LogP contribution in [0.4, 0.5) is 5.82 Å². The molecule has 2 N–H and O–H groups in total. The van der Waals surface area contributed by atoms with Crippen molar-refractivity contribution in [3.63, 3.8) is 0 Å². The third kappa shape index (κ3) is 4.19. The second-order valence-electron chi connectivity index (χ2n) is 9.08. The van der Waals surface area contributed by atoms with Crippen molar-refractivity contribution in [2.75, 3.05) is 44.7 Å². The normalized spacial score (nSPS) is 21.0. The van der Waals surface area contributed by atoms with Crippen molar-refractivity contribution in [1.82, 2.24) is 9.97 Å². The first-order valence-electron chi connectivity index (χ1n) is 11.0. The van der Waals surface area contributed by atoms with Gasteiger partial charge in [0.15, 0.2) is 0 Å². The minimum atomic E-state index is 0.399. The van der Waals surface area contributed by atoms with Crippen molar-refractivity contribution in [2.24, 2.45) is 11.3 Å². The largest absolute Gasteiger partial charge is 0.370 e. The second-order valence-corrected chi connectivity index (χ2v) is 10.2. The minimum absolute atomic E-state index is 0.399. The van der Waals surface area contributed by atoms with Crippen LogP contribution in [0.1, 0.15) is 50.5 Å². The van der Waals surface area contributed by atoms with Crippen LogP contribution in [-0.2, 0) is 17.6 Å². The lowest BCUT2D eigenvalue weighted by Crippen LogP contribution is -3.14. The van der Waals surface area contributed by atoms with Gasteiger partial charge in [-0.1, -0.05) is 27.2 Å². The van der Waals surface area contributed by atoms with Crippen LogP contribution in [0.3, 0.4) is 0 Å². The lowest BCUT2D eigenvalue weighted by molar-refractivity contribution is -0.908. The van der Waals surface area contributed by atoms with E-state index in [2.05, 4.69) is 36.1 Å². The van der Waals surface area contributed by atoms with E-state index in [9.17, 15) is 0 Å². The van der Waals surface area contributed by atoms with E-state index in [1.54, 1.807) is 16.1 Å². The highest BCUT2D eigenvalue weighted by atomic mass is 32.1. The monoisotopic (exact) mass is 403 g/mol. The summed E-state index contributed by atoms with van der Waals surface area (Å²) in [5.74, 6) is 1.80. The van der Waals surface area contributed by atoms with E-state index >= 15 is 0 Å². The number of hydrogen-bond acceptors (Lipinski definition) is 5. The Morgan fingerprint density at radius 1 is 1.29 bits per heavy atom. The van der Waals surface area contributed by atoms with Crippen LogP contribution < -0.4 is 10.2 Å². The summed E-state index contributed by atoms with van der Waals surface area (Å²) < 4.78 is 5.46. The zero-order valence-electron chi connectivity index (χ0n) is 17.6. The zero-order chi connectivity index (χ0) is 19.6. The lowest BCUT2D eigenvalue weighted by Gasteiger charge is -2.36. The molecule has 0 spiro atoms. The molecule has 2 aromatic heterocycles. The third-order valence-electron chi connectivity index (χ3n) is 7.06. The molecule has 2 aromatic rings. The van der Waals surface area contributed by atoms with Crippen LogP contribution in [0, 0.1) is 11.3 Å². The molecule has 4 rings (SSSR count). The first-order valence-corrected chi connectivity index (χ1v) is 11.8. The van der Waals surface area contributed by atoms with Crippen molar-refractivity contribution in [3.05, 3.63) is 16.8 Å². The average Bonchev–Trinajstić information content (AvgIpc) is 3.10. The maximum absolute atomic E-state index is 5.46. The molecule has 2 aliphatic rings. The second kappa shape index (κ2) is 8.64. The Morgan fingerprint density at radius 3 is 2.89 bits per heavy atom. The van der Waals surface area contributed by atoms with Gasteiger partial charge >= 0.3 is 0 Å². The molecule has 0 aromatic carbocycles. The predicted molar refractivity (Wildman–Crippen MR) is 116 cm³/mol. The van der Waals surface area contributed by atoms with Crippen molar-refractivity contribution in [1.29, 1.82) is 0 Å². The fraction of sp³-hybridized carbons (Fsp3) is 0.727. The molecule has 28 heavy (non-hydrogen) atoms. The van der Waals surface area contributed by atoms with E-state index in [-0.39, 0.29) is 0 Å². The molecule has 0 unspecified atom stereocenters. The van der Waals surface area contributed by atoms with Crippen LogP contribution in [0.25, 0.3) is 10.2 Å². The van der Waals surface area contributed by atoms with Crippen LogP contribution in [-0.4, -0.2) is 49.4 Å². The topological polar surface area (TPSA) is 51.5 Å². The average molecular weight is 404 g/mol. The molecule has 3 heterocycles. The lowest BCUT2D eigenvalue weighted by atomic mass is 9.69. The van der Waals surface area contributed by atoms with Gasteiger partial charge in [-0.15, -0.1) is 11.3 Å². The highest BCUT2D eigenvalue weighted by Gasteiger charge is 2.33. The standard InChI is InChI=1S/C22H34N4OS/c1-4-22(2,3)16-6-7-18-17(14-16)19-20(24-15-25-21(19)28-18)23-8-5-9-26-10-12-27-13-11-26/h15-16H,4-14H2,1-3H3,(H,23,24,25)/p+1/t16-/m0/s1. The molecule has 6 heteroatoms. The molecule has 0 amide bonds. The molecule has 0 radical (unpaired) electrons. The van der Waals surface area contributed by atoms with Gasteiger partial charge in [-0.25, -0.2) is 9.97 Å². The van der Waals surface area contributed by atoms with Crippen LogP contribution >= 0.6 is 11.3 Å². The SMILES string of the molecule is CCC(C)(C)[C@H]1CCc2sc3ncnc(NCCC[NH+]4CCOCC4)c3c2C1. The number of nitrogens with zero attached hydrogens (tertiary/aromatic N) is 2. The van der Waals surface area contributed by atoms with Crippen LogP contribution in [0.15, 0.2) is 6.33 Å². The quantitative estimate of drug-likeness (QED) is 0.698. The molecule has 1 atom stereocenters. The summed E-state index contributed by atoms with van der Waals surface area (Å²) in [6.07, 6.45) is 7.81. The highest BCUT2D eigenvalue weighted by molar-refractivity contribution is 7.19. The minimum Gasteiger partial charge on any atom is -0.370 e. The number of morpholine rings is 1. The van der Waals surface area contributed by atoms with E-state index in [4.69, 9.17) is 4.74 Å². The summed E-state index contributed by atoms with van der Waals surface area (Å²) >= 11 is 1.89. The molecule has 1 fully saturated rings. The number of ether oxygens (including phenoxy) is 1. The molecule has 0 bridgehead atoms. The Morgan fingerprint density at radius 2 is 2.11 bits per heavy atom. The number of hydrogen-bond donors (Lipinski definition) is 2. The van der Waals surface area contributed by atoms with Gasteiger partial charge in [-0.3, -0.25) is 0 Å². The summed E-state index contributed by atoms with van der Waals surface area (Å²) in [5, 5.41) is 4.95. The molecule has 0 saturated carbocycles. The zero-order valence-corrected chi connectivity index (χ0v) is 18.5. The number of fused-ring (bicyclic) bond motifs is 3. The van der Waals surface area contributed by atoms with Crippen molar-refractivity contribution < 1.29 is 9.64 Å². The summed E-state index contributed by atoms with van der Waals surface area (Å²) in [6.45, 7) is 13.5. The molecule has 5 nitrogen and oxygen atoms in total. The first kappa shape index (κ1) is 20.0. The fourth-order valence-corrected chi connectivity index (χ4v) is 5.84. The Bertz CT molecular complexity index is 797. The summed E-state index contributed by atoms with van der Waals surface area (Å²) in [7, 11) is 0. The van der Waals surface area contributed by atoms with Gasteiger partial charge in [0.05, 0.1) is 25.1 Å². The van der Waals surface area contributed by atoms with Gasteiger partial charge in [-0.05, 0) is 36.2 Å².